The van der Waals surface area contributed by atoms with E-state index in [1.54, 1.807) is 0 Å². The predicted molar refractivity (Wildman–Crippen MR) is 95.6 cm³/mol. The number of esters is 1. The van der Waals surface area contributed by atoms with Crippen LogP contribution in [0, 0.1) is 5.92 Å². The van der Waals surface area contributed by atoms with Crippen molar-refractivity contribution in [2.24, 2.45) is 5.92 Å². The highest BCUT2D eigenvalue weighted by atomic mass is 32.2. The van der Waals surface area contributed by atoms with Crippen LogP contribution in [0.15, 0.2) is 23.1 Å². The molecule has 1 atom stereocenters. The van der Waals surface area contributed by atoms with Crippen molar-refractivity contribution in [3.05, 3.63) is 23.8 Å². The molecular weight excluding hydrogens is 376 g/mol. The molecule has 0 spiro atoms. The number of amides is 1. The number of nitrogens with zero attached hydrogens (tertiary/aromatic N) is 1. The van der Waals surface area contributed by atoms with Crippen molar-refractivity contribution < 1.29 is 32.3 Å². The molecule has 27 heavy (non-hydrogen) atoms. The molecule has 150 valence electrons. The Bertz CT molecular complexity index is 805. The largest absolute Gasteiger partial charge is 0.495 e. The van der Waals surface area contributed by atoms with E-state index in [2.05, 4.69) is 5.32 Å². The molecule has 0 bridgehead atoms. The van der Waals surface area contributed by atoms with Crippen molar-refractivity contribution in [3.8, 4) is 5.75 Å². The molecule has 0 radical (unpaired) electrons. The van der Waals surface area contributed by atoms with Crippen LogP contribution >= 0.6 is 0 Å². The van der Waals surface area contributed by atoms with Crippen molar-refractivity contribution in [2.75, 3.05) is 27.9 Å². The summed E-state index contributed by atoms with van der Waals surface area (Å²) >= 11 is 0. The molecule has 0 saturated heterocycles. The van der Waals surface area contributed by atoms with E-state index < -0.39 is 28.5 Å². The average Bonchev–Trinajstić information content (AvgIpc) is 3.50. The highest BCUT2D eigenvalue weighted by Gasteiger charge is 2.29. The van der Waals surface area contributed by atoms with Crippen LogP contribution in [0.3, 0.4) is 0 Å². The van der Waals surface area contributed by atoms with Gasteiger partial charge in [-0.05, 0) is 43.9 Å². The third-order valence-corrected chi connectivity index (χ3v) is 6.03. The molecule has 0 unspecified atom stereocenters. The van der Waals surface area contributed by atoms with Crippen LogP contribution in [-0.4, -0.2) is 58.7 Å². The summed E-state index contributed by atoms with van der Waals surface area (Å²) in [5.74, 6) is -0.685. The average molecular weight is 400 g/mol. The Kier molecular flexibility index (Phi) is 6.79. The second-order valence-corrected chi connectivity index (χ2v) is 8.14. The minimum absolute atomic E-state index is 0.0260. The number of nitrogens with one attached hydrogen (secondary N) is 1. The standard InChI is InChI=1S/C17H24N2O7S/c1-11(12-5-6-12)18-16(20)10-26-17(21)13-7-8-14(24-3)15(9-13)27(22,23)19(2)25-4/h7-9,11-12H,5-6,10H2,1-4H3,(H,18,20)/t11-/m1/s1. The summed E-state index contributed by atoms with van der Waals surface area (Å²) in [6.07, 6.45) is 2.17. The monoisotopic (exact) mass is 400 g/mol. The summed E-state index contributed by atoms with van der Waals surface area (Å²) in [5.41, 5.74) is -0.0260. The maximum atomic E-state index is 12.5. The van der Waals surface area contributed by atoms with E-state index >= 15 is 0 Å². The van der Waals surface area contributed by atoms with E-state index in [1.165, 1.54) is 33.4 Å². The molecule has 1 aromatic carbocycles. The van der Waals surface area contributed by atoms with Crippen LogP contribution in [-0.2, 0) is 24.4 Å². The molecule has 2 rings (SSSR count). The molecule has 1 aliphatic carbocycles. The number of carbonyl (C=O) groups excluding carboxylic acids is 2. The zero-order chi connectivity index (χ0) is 20.2. The smallest absolute Gasteiger partial charge is 0.338 e. The lowest BCUT2D eigenvalue weighted by molar-refractivity contribution is -0.124. The van der Waals surface area contributed by atoms with Gasteiger partial charge in [0.2, 0.25) is 0 Å². The number of hydroxylamine groups is 1. The number of benzene rings is 1. The van der Waals surface area contributed by atoms with Gasteiger partial charge in [0.05, 0.1) is 19.8 Å². The molecule has 0 aromatic heterocycles. The third kappa shape index (κ3) is 5.18. The maximum absolute atomic E-state index is 12.5. The van der Waals surface area contributed by atoms with E-state index in [4.69, 9.17) is 14.3 Å². The van der Waals surface area contributed by atoms with Gasteiger partial charge < -0.3 is 14.8 Å². The topological polar surface area (TPSA) is 111 Å². The summed E-state index contributed by atoms with van der Waals surface area (Å²) in [7, 11) is -0.317. The Morgan fingerprint density at radius 3 is 2.52 bits per heavy atom. The summed E-state index contributed by atoms with van der Waals surface area (Å²) < 4.78 is 35.6. The Hall–Kier alpha value is -2.17. The number of hydrogen-bond acceptors (Lipinski definition) is 7. The second-order valence-electron chi connectivity index (χ2n) is 6.23. The van der Waals surface area contributed by atoms with Crippen molar-refractivity contribution in [3.63, 3.8) is 0 Å². The Labute approximate surface area is 158 Å². The number of ether oxygens (including phenoxy) is 2. The molecular formula is C17H24N2O7S. The molecule has 1 fully saturated rings. The lowest BCUT2D eigenvalue weighted by Crippen LogP contribution is -2.37. The van der Waals surface area contributed by atoms with Gasteiger partial charge in [-0.15, -0.1) is 0 Å². The molecule has 1 saturated carbocycles. The van der Waals surface area contributed by atoms with Crippen molar-refractivity contribution >= 4 is 21.9 Å². The van der Waals surface area contributed by atoms with E-state index in [-0.39, 0.29) is 22.3 Å². The maximum Gasteiger partial charge on any atom is 0.338 e. The third-order valence-electron chi connectivity index (χ3n) is 4.32. The zero-order valence-corrected chi connectivity index (χ0v) is 16.5. The van der Waals surface area contributed by atoms with Gasteiger partial charge in [0.25, 0.3) is 15.9 Å². The lowest BCUT2D eigenvalue weighted by atomic mass is 10.2. The van der Waals surface area contributed by atoms with Gasteiger partial charge in [-0.3, -0.25) is 9.63 Å². The van der Waals surface area contributed by atoms with Gasteiger partial charge in [0.15, 0.2) is 6.61 Å². The molecule has 1 aromatic rings. The van der Waals surface area contributed by atoms with E-state index in [0.717, 1.165) is 18.9 Å². The normalized spacial score (nSPS) is 15.3. The van der Waals surface area contributed by atoms with Gasteiger partial charge in [-0.2, -0.15) is 0 Å². The molecule has 1 N–H and O–H groups in total. The van der Waals surface area contributed by atoms with Crippen LogP contribution < -0.4 is 10.1 Å². The number of sulfonamides is 1. The number of rotatable bonds is 9. The van der Waals surface area contributed by atoms with Crippen molar-refractivity contribution in [1.29, 1.82) is 0 Å². The SMILES string of the molecule is COc1ccc(C(=O)OCC(=O)N[C@H](C)C2CC2)cc1S(=O)(=O)N(C)OC. The van der Waals surface area contributed by atoms with Gasteiger partial charge in [-0.25, -0.2) is 13.2 Å². The fourth-order valence-electron chi connectivity index (χ4n) is 2.47. The minimum atomic E-state index is -4.04. The summed E-state index contributed by atoms with van der Waals surface area (Å²) in [4.78, 5) is 28.5. The van der Waals surface area contributed by atoms with Crippen LogP contribution in [0.5, 0.6) is 5.75 Å². The highest BCUT2D eigenvalue weighted by Crippen LogP contribution is 2.32. The van der Waals surface area contributed by atoms with Crippen LogP contribution in [0.2, 0.25) is 0 Å². The molecule has 10 heteroatoms. The Morgan fingerprint density at radius 2 is 1.96 bits per heavy atom. The fourth-order valence-corrected chi connectivity index (χ4v) is 3.62. The predicted octanol–water partition coefficient (Wildman–Crippen LogP) is 0.949. The molecule has 0 aliphatic heterocycles. The van der Waals surface area contributed by atoms with Crippen molar-refractivity contribution in [1.82, 2.24) is 9.79 Å². The Balaban J connectivity index is 2.10. The molecule has 1 amide bonds. The minimum Gasteiger partial charge on any atom is -0.495 e. The second kappa shape index (κ2) is 8.68. The van der Waals surface area contributed by atoms with Crippen LogP contribution in [0.1, 0.15) is 30.1 Å². The zero-order valence-electron chi connectivity index (χ0n) is 15.7. The summed E-state index contributed by atoms with van der Waals surface area (Å²) in [6.45, 7) is 1.46. The van der Waals surface area contributed by atoms with Crippen LogP contribution in [0.25, 0.3) is 0 Å². The fraction of sp³-hybridized carbons (Fsp3) is 0.529. The van der Waals surface area contributed by atoms with Gasteiger partial charge in [-0.1, -0.05) is 4.47 Å². The van der Waals surface area contributed by atoms with E-state index in [0.29, 0.717) is 10.4 Å². The lowest BCUT2D eigenvalue weighted by Gasteiger charge is -2.17. The summed E-state index contributed by atoms with van der Waals surface area (Å²) in [5, 5.41) is 2.77. The van der Waals surface area contributed by atoms with Crippen LogP contribution in [0.4, 0.5) is 0 Å². The van der Waals surface area contributed by atoms with Gasteiger partial charge in [0.1, 0.15) is 10.6 Å². The first-order valence-electron chi connectivity index (χ1n) is 8.38. The highest BCUT2D eigenvalue weighted by molar-refractivity contribution is 7.89. The first-order valence-corrected chi connectivity index (χ1v) is 9.82. The molecule has 1 aliphatic rings. The summed E-state index contributed by atoms with van der Waals surface area (Å²) in [6, 6.07) is 3.86. The first-order chi connectivity index (χ1) is 12.7. The van der Waals surface area contributed by atoms with E-state index in [9.17, 15) is 18.0 Å². The van der Waals surface area contributed by atoms with Gasteiger partial charge in [0, 0.05) is 13.1 Å². The Morgan fingerprint density at radius 1 is 1.30 bits per heavy atom. The van der Waals surface area contributed by atoms with Gasteiger partial charge >= 0.3 is 5.97 Å². The quantitative estimate of drug-likeness (QED) is 0.485. The number of hydrogen-bond donors (Lipinski definition) is 1. The van der Waals surface area contributed by atoms with E-state index in [1.807, 2.05) is 6.92 Å². The van der Waals surface area contributed by atoms with Crippen molar-refractivity contribution in [2.45, 2.75) is 30.7 Å². The molecule has 0 heterocycles. The number of carbonyl (C=O) groups is 2. The number of methoxy groups -OCH3 is 1. The first kappa shape index (κ1) is 21.1. The molecule has 9 nitrogen and oxygen atoms in total.